The summed E-state index contributed by atoms with van der Waals surface area (Å²) in [6.45, 7) is 2.17. The largest absolute Gasteiger partial charge is 0.317 e. The third-order valence-corrected chi connectivity index (χ3v) is 4.02. The summed E-state index contributed by atoms with van der Waals surface area (Å²) in [5.41, 5.74) is 0. The minimum absolute atomic E-state index is 0.298. The number of likely N-dealkylation sites (tertiary alicyclic amines) is 1. The van der Waals surface area contributed by atoms with E-state index in [1.54, 1.807) is 0 Å². The first-order chi connectivity index (χ1) is 7.33. The first-order valence-corrected chi connectivity index (χ1v) is 6.14. The van der Waals surface area contributed by atoms with Crippen molar-refractivity contribution in [2.45, 2.75) is 44.2 Å². The summed E-state index contributed by atoms with van der Waals surface area (Å²) in [5, 5.41) is 12.2. The predicted octanol–water partition coefficient (Wildman–Crippen LogP) is 1.36. The second-order valence-corrected chi connectivity index (χ2v) is 4.90. The second kappa shape index (κ2) is 4.96. The van der Waals surface area contributed by atoms with Crippen molar-refractivity contribution in [3.63, 3.8) is 0 Å². The van der Waals surface area contributed by atoms with E-state index in [9.17, 15) is 0 Å². The Bertz CT molecular complexity index is 238. The summed E-state index contributed by atoms with van der Waals surface area (Å²) in [6, 6.07) is 3.89. The van der Waals surface area contributed by atoms with Crippen LogP contribution in [0.3, 0.4) is 0 Å². The van der Waals surface area contributed by atoms with Crippen molar-refractivity contribution in [3.8, 4) is 6.07 Å². The van der Waals surface area contributed by atoms with Gasteiger partial charge in [-0.25, -0.2) is 0 Å². The lowest BCUT2D eigenvalue weighted by Crippen LogP contribution is -2.40. The summed E-state index contributed by atoms with van der Waals surface area (Å²) in [7, 11) is 2.06. The maximum Gasteiger partial charge on any atom is 0.0669 e. The van der Waals surface area contributed by atoms with Crippen molar-refractivity contribution >= 4 is 0 Å². The van der Waals surface area contributed by atoms with Crippen LogP contribution in [-0.2, 0) is 0 Å². The summed E-state index contributed by atoms with van der Waals surface area (Å²) in [5.74, 6) is 0.298. The average Bonchev–Trinajstić information content (AvgIpc) is 2.78. The summed E-state index contributed by atoms with van der Waals surface area (Å²) in [6.07, 6.45) is 6.31. The zero-order valence-corrected chi connectivity index (χ0v) is 9.58. The molecule has 0 spiro atoms. The average molecular weight is 207 g/mol. The monoisotopic (exact) mass is 207 g/mol. The van der Waals surface area contributed by atoms with E-state index < -0.39 is 0 Å². The molecule has 3 nitrogen and oxygen atoms in total. The fourth-order valence-corrected chi connectivity index (χ4v) is 2.95. The Hall–Kier alpha value is -0.590. The van der Waals surface area contributed by atoms with Gasteiger partial charge in [0.2, 0.25) is 0 Å². The van der Waals surface area contributed by atoms with Crippen molar-refractivity contribution in [2.24, 2.45) is 5.92 Å². The molecule has 84 valence electrons. The van der Waals surface area contributed by atoms with Gasteiger partial charge in [0.25, 0.3) is 0 Å². The van der Waals surface area contributed by atoms with Crippen LogP contribution >= 0.6 is 0 Å². The van der Waals surface area contributed by atoms with Crippen LogP contribution in [-0.4, -0.2) is 37.1 Å². The molecule has 1 saturated heterocycles. The summed E-state index contributed by atoms with van der Waals surface area (Å²) >= 11 is 0. The molecule has 1 N–H and O–H groups in total. The Morgan fingerprint density at radius 1 is 1.20 bits per heavy atom. The van der Waals surface area contributed by atoms with Gasteiger partial charge in [-0.15, -0.1) is 0 Å². The lowest BCUT2D eigenvalue weighted by Gasteiger charge is -2.34. The fraction of sp³-hybridized carbons (Fsp3) is 0.917. The highest BCUT2D eigenvalue weighted by atomic mass is 15.2. The molecule has 0 radical (unpaired) electrons. The van der Waals surface area contributed by atoms with Gasteiger partial charge >= 0.3 is 0 Å². The number of rotatable bonds is 2. The minimum Gasteiger partial charge on any atom is -0.317 e. The van der Waals surface area contributed by atoms with E-state index >= 15 is 0 Å². The molecule has 2 rings (SSSR count). The van der Waals surface area contributed by atoms with Gasteiger partial charge in [0, 0.05) is 18.6 Å². The van der Waals surface area contributed by atoms with Crippen LogP contribution in [0.25, 0.3) is 0 Å². The van der Waals surface area contributed by atoms with Gasteiger partial charge < -0.3 is 5.32 Å². The van der Waals surface area contributed by atoms with E-state index in [0.29, 0.717) is 5.92 Å². The zero-order chi connectivity index (χ0) is 10.7. The van der Waals surface area contributed by atoms with E-state index in [1.807, 2.05) is 0 Å². The zero-order valence-electron chi connectivity index (χ0n) is 9.58. The SMILES string of the molecule is CNC1CCC(N2CCC(C#N)C2)CC1. The highest BCUT2D eigenvalue weighted by Crippen LogP contribution is 2.27. The third kappa shape index (κ3) is 2.50. The first-order valence-electron chi connectivity index (χ1n) is 6.14. The lowest BCUT2D eigenvalue weighted by atomic mass is 9.90. The number of nitriles is 1. The number of nitrogens with one attached hydrogen (secondary N) is 1. The van der Waals surface area contributed by atoms with E-state index in [-0.39, 0.29) is 0 Å². The van der Waals surface area contributed by atoms with E-state index in [1.165, 1.54) is 25.7 Å². The molecule has 0 aromatic heterocycles. The van der Waals surface area contributed by atoms with Crippen molar-refractivity contribution in [2.75, 3.05) is 20.1 Å². The van der Waals surface area contributed by atoms with Crippen molar-refractivity contribution in [3.05, 3.63) is 0 Å². The molecule has 1 saturated carbocycles. The van der Waals surface area contributed by atoms with Gasteiger partial charge in [0.05, 0.1) is 12.0 Å². The normalized spacial score (nSPS) is 37.7. The molecule has 1 unspecified atom stereocenters. The van der Waals surface area contributed by atoms with Gasteiger partial charge in [-0.1, -0.05) is 0 Å². The third-order valence-electron chi connectivity index (χ3n) is 4.02. The standard InChI is InChI=1S/C12H21N3/c1-14-11-2-4-12(5-3-11)15-7-6-10(8-13)9-15/h10-12,14H,2-7,9H2,1H3. The van der Waals surface area contributed by atoms with Crippen LogP contribution in [0.4, 0.5) is 0 Å². The minimum atomic E-state index is 0.298. The van der Waals surface area contributed by atoms with Gasteiger partial charge in [-0.05, 0) is 45.7 Å². The molecule has 1 atom stereocenters. The van der Waals surface area contributed by atoms with Gasteiger partial charge in [0.1, 0.15) is 0 Å². The summed E-state index contributed by atoms with van der Waals surface area (Å²) in [4.78, 5) is 2.54. The molecule has 3 heteroatoms. The molecule has 1 heterocycles. The van der Waals surface area contributed by atoms with Crippen LogP contribution in [0.2, 0.25) is 0 Å². The number of hydrogen-bond acceptors (Lipinski definition) is 3. The molecule has 15 heavy (non-hydrogen) atoms. The maximum atomic E-state index is 8.88. The van der Waals surface area contributed by atoms with E-state index in [4.69, 9.17) is 5.26 Å². The molecule has 1 aliphatic heterocycles. The van der Waals surface area contributed by atoms with Crippen LogP contribution in [0.5, 0.6) is 0 Å². The van der Waals surface area contributed by atoms with Gasteiger partial charge in [-0.3, -0.25) is 4.90 Å². The Labute approximate surface area is 92.4 Å². The molecular weight excluding hydrogens is 186 g/mol. The van der Waals surface area contributed by atoms with Crippen molar-refractivity contribution < 1.29 is 0 Å². The lowest BCUT2D eigenvalue weighted by molar-refractivity contribution is 0.173. The first kappa shape index (κ1) is 10.9. The van der Waals surface area contributed by atoms with Crippen LogP contribution in [0.1, 0.15) is 32.1 Å². The Morgan fingerprint density at radius 2 is 1.93 bits per heavy atom. The van der Waals surface area contributed by atoms with Crippen molar-refractivity contribution in [1.82, 2.24) is 10.2 Å². The number of hydrogen-bond donors (Lipinski definition) is 1. The smallest absolute Gasteiger partial charge is 0.0669 e. The fourth-order valence-electron chi connectivity index (χ4n) is 2.95. The molecule has 1 aliphatic carbocycles. The van der Waals surface area contributed by atoms with Crippen LogP contribution in [0.15, 0.2) is 0 Å². The summed E-state index contributed by atoms with van der Waals surface area (Å²) < 4.78 is 0. The van der Waals surface area contributed by atoms with Crippen molar-refractivity contribution in [1.29, 1.82) is 5.26 Å². The second-order valence-electron chi connectivity index (χ2n) is 4.90. The Balaban J connectivity index is 1.79. The molecule has 0 amide bonds. The number of nitrogens with zero attached hydrogens (tertiary/aromatic N) is 2. The molecule has 0 aromatic rings. The molecule has 2 aliphatic rings. The quantitative estimate of drug-likeness (QED) is 0.743. The van der Waals surface area contributed by atoms with Crippen LogP contribution in [0, 0.1) is 17.2 Å². The van der Waals surface area contributed by atoms with E-state index in [2.05, 4.69) is 23.3 Å². The van der Waals surface area contributed by atoms with Gasteiger partial charge in [0.15, 0.2) is 0 Å². The molecular formula is C12H21N3. The Kier molecular flexibility index (Phi) is 3.61. The van der Waals surface area contributed by atoms with E-state index in [0.717, 1.165) is 31.6 Å². The van der Waals surface area contributed by atoms with Gasteiger partial charge in [-0.2, -0.15) is 5.26 Å². The topological polar surface area (TPSA) is 39.1 Å². The molecule has 0 bridgehead atoms. The highest BCUT2D eigenvalue weighted by molar-refractivity contribution is 4.94. The Morgan fingerprint density at radius 3 is 2.47 bits per heavy atom. The maximum absolute atomic E-state index is 8.88. The molecule has 0 aromatic carbocycles. The highest BCUT2D eigenvalue weighted by Gasteiger charge is 2.30. The predicted molar refractivity (Wildman–Crippen MR) is 60.4 cm³/mol. The molecule has 2 fully saturated rings. The van der Waals surface area contributed by atoms with Crippen LogP contribution < -0.4 is 5.32 Å².